The van der Waals surface area contributed by atoms with Gasteiger partial charge in [-0.3, -0.25) is 0 Å². The zero-order valence-corrected chi connectivity index (χ0v) is 20.8. The molecule has 2 aromatic carbocycles. The Bertz CT molecular complexity index is 1680. The Kier molecular flexibility index (Phi) is 6.57. The van der Waals surface area contributed by atoms with Gasteiger partial charge in [-0.1, -0.05) is 36.4 Å². The SMILES string of the molecule is COCCc1nc2c(N)nc3ccccc3c2n1CCCCc1cccc2ccc(S(N)(=O)=O)nc12. The first-order valence-electron chi connectivity index (χ1n) is 11.8. The first-order chi connectivity index (χ1) is 17.4. The van der Waals surface area contributed by atoms with Crippen molar-refractivity contribution in [2.24, 2.45) is 5.14 Å². The largest absolute Gasteiger partial charge is 0.384 e. The molecule has 10 heteroatoms. The van der Waals surface area contributed by atoms with Gasteiger partial charge in [0.15, 0.2) is 10.8 Å². The van der Waals surface area contributed by atoms with E-state index in [2.05, 4.69) is 14.5 Å². The lowest BCUT2D eigenvalue weighted by Gasteiger charge is -2.12. The van der Waals surface area contributed by atoms with Gasteiger partial charge < -0.3 is 15.0 Å². The van der Waals surface area contributed by atoms with Gasteiger partial charge in [0.2, 0.25) is 0 Å². The van der Waals surface area contributed by atoms with E-state index < -0.39 is 10.0 Å². The second-order valence-corrected chi connectivity index (χ2v) is 10.3. The number of anilines is 1. The number of hydrogen-bond acceptors (Lipinski definition) is 7. The Morgan fingerprint density at radius 2 is 1.75 bits per heavy atom. The number of primary sulfonamides is 1. The van der Waals surface area contributed by atoms with Crippen molar-refractivity contribution >= 4 is 48.7 Å². The third-order valence-corrected chi connectivity index (χ3v) is 7.18. The summed E-state index contributed by atoms with van der Waals surface area (Å²) in [6.45, 7) is 1.31. The monoisotopic (exact) mass is 504 g/mol. The number of rotatable bonds is 9. The van der Waals surface area contributed by atoms with Crippen LogP contribution in [-0.2, 0) is 34.1 Å². The van der Waals surface area contributed by atoms with Crippen molar-refractivity contribution in [1.29, 1.82) is 0 Å². The number of ether oxygens (including phenoxy) is 1. The van der Waals surface area contributed by atoms with Crippen molar-refractivity contribution in [3.05, 3.63) is 66.0 Å². The van der Waals surface area contributed by atoms with Gasteiger partial charge in [0.1, 0.15) is 11.3 Å². The predicted octanol–water partition coefficient (Wildman–Crippen LogP) is 3.57. The van der Waals surface area contributed by atoms with Crippen molar-refractivity contribution in [3.63, 3.8) is 0 Å². The highest BCUT2D eigenvalue weighted by Crippen LogP contribution is 2.29. The van der Waals surface area contributed by atoms with Crippen LogP contribution in [0.4, 0.5) is 5.82 Å². The number of nitrogens with zero attached hydrogens (tertiary/aromatic N) is 4. The van der Waals surface area contributed by atoms with Gasteiger partial charge in [-0.2, -0.15) is 0 Å². The van der Waals surface area contributed by atoms with Crippen LogP contribution >= 0.6 is 0 Å². The molecule has 0 spiro atoms. The highest BCUT2D eigenvalue weighted by molar-refractivity contribution is 7.89. The molecule has 4 N–H and O–H groups in total. The van der Waals surface area contributed by atoms with E-state index in [9.17, 15) is 8.42 Å². The maximum absolute atomic E-state index is 11.8. The van der Waals surface area contributed by atoms with E-state index in [0.29, 0.717) is 29.9 Å². The van der Waals surface area contributed by atoms with Crippen LogP contribution in [0, 0.1) is 0 Å². The first kappa shape index (κ1) is 24.1. The summed E-state index contributed by atoms with van der Waals surface area (Å²) in [5.41, 5.74) is 10.5. The van der Waals surface area contributed by atoms with Gasteiger partial charge in [0.25, 0.3) is 10.0 Å². The van der Waals surface area contributed by atoms with E-state index in [0.717, 1.165) is 59.0 Å². The molecule has 5 rings (SSSR count). The summed E-state index contributed by atoms with van der Waals surface area (Å²) in [4.78, 5) is 13.7. The average Bonchev–Trinajstić information content (AvgIpc) is 3.24. The number of unbranched alkanes of at least 4 members (excludes halogenated alkanes) is 1. The number of methoxy groups -OCH3 is 1. The first-order valence-corrected chi connectivity index (χ1v) is 13.3. The van der Waals surface area contributed by atoms with Crippen LogP contribution in [0.5, 0.6) is 0 Å². The van der Waals surface area contributed by atoms with Gasteiger partial charge in [0.05, 0.1) is 23.2 Å². The number of nitrogens with two attached hydrogens (primary N) is 2. The van der Waals surface area contributed by atoms with Gasteiger partial charge in [-0.15, -0.1) is 0 Å². The number of fused-ring (bicyclic) bond motifs is 4. The van der Waals surface area contributed by atoms with Gasteiger partial charge in [-0.25, -0.2) is 28.5 Å². The molecular weight excluding hydrogens is 476 g/mol. The summed E-state index contributed by atoms with van der Waals surface area (Å²) in [7, 11) is -2.19. The zero-order chi connectivity index (χ0) is 25.3. The quantitative estimate of drug-likeness (QED) is 0.293. The van der Waals surface area contributed by atoms with Crippen LogP contribution in [0.25, 0.3) is 32.8 Å². The topological polar surface area (TPSA) is 139 Å². The van der Waals surface area contributed by atoms with Crippen LogP contribution in [0.15, 0.2) is 59.6 Å². The number of benzene rings is 2. The van der Waals surface area contributed by atoms with E-state index in [1.807, 2.05) is 42.5 Å². The number of imidazole rings is 1. The Labute approximate surface area is 209 Å². The normalized spacial score (nSPS) is 12.2. The fraction of sp³-hybridized carbons (Fsp3) is 0.269. The molecule has 9 nitrogen and oxygen atoms in total. The fourth-order valence-electron chi connectivity index (χ4n) is 4.67. The number of aromatic nitrogens is 4. The van der Waals surface area contributed by atoms with Crippen molar-refractivity contribution < 1.29 is 13.2 Å². The van der Waals surface area contributed by atoms with E-state index in [1.165, 1.54) is 6.07 Å². The minimum Gasteiger partial charge on any atom is -0.384 e. The molecule has 3 heterocycles. The van der Waals surface area contributed by atoms with E-state index in [1.54, 1.807) is 13.2 Å². The number of aryl methyl sites for hydroxylation is 2. The lowest BCUT2D eigenvalue weighted by atomic mass is 10.0. The van der Waals surface area contributed by atoms with Crippen LogP contribution in [0.2, 0.25) is 0 Å². The Morgan fingerprint density at radius 3 is 2.56 bits per heavy atom. The van der Waals surface area contributed by atoms with Crippen molar-refractivity contribution in [2.75, 3.05) is 19.5 Å². The molecule has 0 aliphatic carbocycles. The molecule has 0 saturated carbocycles. The molecule has 3 aromatic heterocycles. The molecule has 186 valence electrons. The molecule has 0 bridgehead atoms. The van der Waals surface area contributed by atoms with Crippen LogP contribution < -0.4 is 10.9 Å². The van der Waals surface area contributed by atoms with Gasteiger partial charge in [0, 0.05) is 30.8 Å². The lowest BCUT2D eigenvalue weighted by Crippen LogP contribution is -2.14. The minimum absolute atomic E-state index is 0.117. The second kappa shape index (κ2) is 9.81. The molecular formula is C26H28N6O3S. The van der Waals surface area contributed by atoms with Crippen molar-refractivity contribution in [3.8, 4) is 0 Å². The van der Waals surface area contributed by atoms with Crippen molar-refractivity contribution in [1.82, 2.24) is 19.5 Å². The smallest absolute Gasteiger partial charge is 0.255 e. The van der Waals surface area contributed by atoms with E-state index in [4.69, 9.17) is 20.6 Å². The van der Waals surface area contributed by atoms with Gasteiger partial charge >= 0.3 is 0 Å². The number of hydrogen-bond donors (Lipinski definition) is 2. The molecule has 0 aliphatic heterocycles. The van der Waals surface area contributed by atoms with Crippen LogP contribution in [0.1, 0.15) is 24.2 Å². The summed E-state index contributed by atoms with van der Waals surface area (Å²) in [5.74, 6) is 1.34. The summed E-state index contributed by atoms with van der Waals surface area (Å²) in [5, 5.41) is 7.09. The molecule has 0 unspecified atom stereocenters. The summed E-state index contributed by atoms with van der Waals surface area (Å²) in [6.07, 6.45) is 3.18. The van der Waals surface area contributed by atoms with E-state index >= 15 is 0 Å². The number of sulfonamides is 1. The maximum Gasteiger partial charge on any atom is 0.255 e. The molecule has 0 atom stereocenters. The number of para-hydroxylation sites is 2. The highest BCUT2D eigenvalue weighted by atomic mass is 32.2. The van der Waals surface area contributed by atoms with Crippen LogP contribution in [-0.4, -0.2) is 41.7 Å². The molecule has 0 amide bonds. The molecule has 0 fully saturated rings. The van der Waals surface area contributed by atoms with Crippen LogP contribution in [0.3, 0.4) is 0 Å². The molecule has 0 saturated heterocycles. The summed E-state index contributed by atoms with van der Waals surface area (Å²) >= 11 is 0. The standard InChI is InChI=1S/C26H28N6O3S/c1-35-16-14-21-30-24-25(19-10-2-3-11-20(19)29-26(24)27)32(21)15-5-4-7-17-8-6-9-18-12-13-22(31-23(17)18)36(28,33)34/h2-3,6,8-13H,4-5,7,14-16H2,1H3,(H2,27,29)(H2,28,33,34). The lowest BCUT2D eigenvalue weighted by molar-refractivity contribution is 0.199. The highest BCUT2D eigenvalue weighted by Gasteiger charge is 2.17. The maximum atomic E-state index is 11.8. The minimum atomic E-state index is -3.87. The molecule has 5 aromatic rings. The number of pyridine rings is 2. The zero-order valence-electron chi connectivity index (χ0n) is 20.0. The van der Waals surface area contributed by atoms with Gasteiger partial charge in [-0.05, 0) is 43.0 Å². The van der Waals surface area contributed by atoms with E-state index in [-0.39, 0.29) is 5.03 Å². The number of nitrogen functional groups attached to an aromatic ring is 1. The average molecular weight is 505 g/mol. The molecule has 0 radical (unpaired) electrons. The fourth-order valence-corrected chi connectivity index (χ4v) is 5.14. The second-order valence-electron chi connectivity index (χ2n) is 8.77. The third kappa shape index (κ3) is 4.62. The Balaban J connectivity index is 1.43. The Morgan fingerprint density at radius 1 is 0.917 bits per heavy atom. The predicted molar refractivity (Wildman–Crippen MR) is 141 cm³/mol. The summed E-state index contributed by atoms with van der Waals surface area (Å²) < 4.78 is 31.1. The van der Waals surface area contributed by atoms with Crippen molar-refractivity contribution in [2.45, 2.75) is 37.3 Å². The third-order valence-electron chi connectivity index (χ3n) is 6.37. The molecule has 36 heavy (non-hydrogen) atoms. The molecule has 0 aliphatic rings. The Hall–Kier alpha value is -3.60. The summed E-state index contributed by atoms with van der Waals surface area (Å²) in [6, 6.07) is 17.0.